The van der Waals surface area contributed by atoms with Crippen molar-refractivity contribution in [2.75, 3.05) is 0 Å². The van der Waals surface area contributed by atoms with Crippen molar-refractivity contribution in [2.45, 2.75) is 26.3 Å². The minimum Gasteiger partial charge on any atom is -0.374 e. The highest BCUT2D eigenvalue weighted by atomic mass is 32.2. The smallest absolute Gasteiger partial charge is 0.374 e. The molecule has 0 radical (unpaired) electrons. The van der Waals surface area contributed by atoms with Crippen molar-refractivity contribution >= 4 is 10.1 Å². The van der Waals surface area contributed by atoms with E-state index in [0.717, 1.165) is 0 Å². The molecule has 1 aromatic rings. The van der Waals surface area contributed by atoms with E-state index in [0.29, 0.717) is 5.69 Å². The molecule has 0 bridgehead atoms. The standard InChI is InChI=1S/C9H10F3NO3S/c1-5-4-6(2)13-7(3)8(5)16-17(14,15)9(10,11)12/h4H,1-3H3. The van der Waals surface area contributed by atoms with Crippen LogP contribution in [-0.2, 0) is 10.1 Å². The third-order valence-electron chi connectivity index (χ3n) is 1.93. The van der Waals surface area contributed by atoms with Crippen LogP contribution in [-0.4, -0.2) is 18.9 Å². The van der Waals surface area contributed by atoms with Gasteiger partial charge in [-0.25, -0.2) is 0 Å². The van der Waals surface area contributed by atoms with Gasteiger partial charge in [0.2, 0.25) is 0 Å². The van der Waals surface area contributed by atoms with Gasteiger partial charge in [0.05, 0.1) is 5.69 Å². The van der Waals surface area contributed by atoms with Crippen molar-refractivity contribution in [2.24, 2.45) is 0 Å². The Labute approximate surface area is 96.6 Å². The normalized spacial score (nSPS) is 12.6. The molecule has 0 aliphatic carbocycles. The molecular formula is C9H10F3NO3S. The Morgan fingerprint density at radius 1 is 1.24 bits per heavy atom. The molecule has 8 heteroatoms. The zero-order valence-electron chi connectivity index (χ0n) is 9.29. The van der Waals surface area contributed by atoms with Gasteiger partial charge in [-0.15, -0.1) is 0 Å². The predicted octanol–water partition coefficient (Wildman–Crippen LogP) is 2.24. The molecule has 0 aliphatic heterocycles. The maximum atomic E-state index is 12.1. The molecule has 0 unspecified atom stereocenters. The van der Waals surface area contributed by atoms with Gasteiger partial charge in [0, 0.05) is 5.69 Å². The van der Waals surface area contributed by atoms with E-state index in [1.54, 1.807) is 6.92 Å². The second-order valence-electron chi connectivity index (χ2n) is 3.48. The maximum Gasteiger partial charge on any atom is 0.534 e. The first-order valence-corrected chi connectivity index (χ1v) is 5.91. The van der Waals surface area contributed by atoms with E-state index in [2.05, 4.69) is 9.17 Å². The molecule has 0 fully saturated rings. The summed E-state index contributed by atoms with van der Waals surface area (Å²) in [7, 11) is -5.65. The minimum atomic E-state index is -5.65. The van der Waals surface area contributed by atoms with Crippen LogP contribution in [0.5, 0.6) is 5.75 Å². The van der Waals surface area contributed by atoms with Crippen molar-refractivity contribution in [1.29, 1.82) is 0 Å². The molecule has 0 spiro atoms. The zero-order chi connectivity index (χ0) is 13.4. The molecule has 96 valence electrons. The summed E-state index contributed by atoms with van der Waals surface area (Å²) in [6.07, 6.45) is 0. The number of alkyl halides is 3. The van der Waals surface area contributed by atoms with Crippen molar-refractivity contribution in [1.82, 2.24) is 4.98 Å². The Morgan fingerprint density at radius 2 is 1.76 bits per heavy atom. The molecule has 0 aliphatic rings. The third-order valence-corrected chi connectivity index (χ3v) is 2.89. The quantitative estimate of drug-likeness (QED) is 0.610. The van der Waals surface area contributed by atoms with Gasteiger partial charge in [0.1, 0.15) is 0 Å². The van der Waals surface area contributed by atoms with E-state index >= 15 is 0 Å². The van der Waals surface area contributed by atoms with E-state index in [1.165, 1.54) is 19.9 Å². The van der Waals surface area contributed by atoms with Crippen molar-refractivity contribution < 1.29 is 25.8 Å². The van der Waals surface area contributed by atoms with Crippen LogP contribution in [0.2, 0.25) is 0 Å². The lowest BCUT2D eigenvalue weighted by Crippen LogP contribution is -2.28. The van der Waals surface area contributed by atoms with Crippen LogP contribution >= 0.6 is 0 Å². The summed E-state index contributed by atoms with van der Waals surface area (Å²) >= 11 is 0. The number of pyridine rings is 1. The molecule has 0 amide bonds. The highest BCUT2D eigenvalue weighted by Crippen LogP contribution is 2.30. The largest absolute Gasteiger partial charge is 0.534 e. The molecule has 17 heavy (non-hydrogen) atoms. The Kier molecular flexibility index (Phi) is 3.37. The van der Waals surface area contributed by atoms with Crippen LogP contribution in [0.4, 0.5) is 13.2 Å². The fourth-order valence-corrected chi connectivity index (χ4v) is 1.86. The first kappa shape index (κ1) is 13.8. The summed E-state index contributed by atoms with van der Waals surface area (Å²) in [5.41, 5.74) is -4.51. The molecule has 1 rings (SSSR count). The SMILES string of the molecule is Cc1cc(C)c(OS(=O)(=O)C(F)(F)F)c(C)n1. The van der Waals surface area contributed by atoms with Gasteiger partial charge in [-0.2, -0.15) is 21.6 Å². The summed E-state index contributed by atoms with van der Waals surface area (Å²) in [5, 5.41) is 0. The van der Waals surface area contributed by atoms with E-state index in [9.17, 15) is 21.6 Å². The molecular weight excluding hydrogens is 259 g/mol. The second kappa shape index (κ2) is 4.17. The highest BCUT2D eigenvalue weighted by molar-refractivity contribution is 7.88. The van der Waals surface area contributed by atoms with E-state index in [4.69, 9.17) is 0 Å². The highest BCUT2D eigenvalue weighted by Gasteiger charge is 2.49. The third kappa shape index (κ3) is 2.87. The number of hydrogen-bond acceptors (Lipinski definition) is 4. The number of hydrogen-bond donors (Lipinski definition) is 0. The van der Waals surface area contributed by atoms with Crippen molar-refractivity contribution in [3.05, 3.63) is 23.0 Å². The summed E-state index contributed by atoms with van der Waals surface area (Å²) < 4.78 is 62.1. The van der Waals surface area contributed by atoms with Crippen LogP contribution in [0, 0.1) is 20.8 Å². The van der Waals surface area contributed by atoms with Gasteiger partial charge in [-0.1, -0.05) is 0 Å². The molecule has 4 nitrogen and oxygen atoms in total. The van der Waals surface area contributed by atoms with E-state index in [1.807, 2.05) is 0 Å². The van der Waals surface area contributed by atoms with Crippen LogP contribution in [0.1, 0.15) is 17.0 Å². The summed E-state index contributed by atoms with van der Waals surface area (Å²) in [5.74, 6) is -0.382. The Balaban J connectivity index is 3.22. The van der Waals surface area contributed by atoms with E-state index in [-0.39, 0.29) is 17.0 Å². The van der Waals surface area contributed by atoms with Crippen LogP contribution in [0.3, 0.4) is 0 Å². The first-order valence-electron chi connectivity index (χ1n) is 4.50. The first-order chi connectivity index (χ1) is 7.54. The lowest BCUT2D eigenvalue weighted by Gasteiger charge is -2.13. The number of aryl methyl sites for hydroxylation is 3. The van der Waals surface area contributed by atoms with Crippen molar-refractivity contribution in [3.8, 4) is 5.75 Å². The molecule has 1 aromatic heterocycles. The lowest BCUT2D eigenvalue weighted by atomic mass is 10.2. The van der Waals surface area contributed by atoms with Crippen LogP contribution in [0.15, 0.2) is 6.07 Å². The average Bonchev–Trinajstić information content (AvgIpc) is 2.09. The number of halogens is 3. The maximum absolute atomic E-state index is 12.1. The Hall–Kier alpha value is -1.31. The fourth-order valence-electron chi connectivity index (χ4n) is 1.29. The van der Waals surface area contributed by atoms with Gasteiger partial charge >= 0.3 is 15.6 Å². The van der Waals surface area contributed by atoms with Gasteiger partial charge in [-0.05, 0) is 32.4 Å². The Bertz CT molecular complexity index is 514. The molecule has 0 saturated carbocycles. The molecule has 0 saturated heterocycles. The second-order valence-corrected chi connectivity index (χ2v) is 5.02. The van der Waals surface area contributed by atoms with Gasteiger partial charge < -0.3 is 4.18 Å². The van der Waals surface area contributed by atoms with Gasteiger partial charge in [0.15, 0.2) is 5.75 Å². The predicted molar refractivity (Wildman–Crippen MR) is 54.1 cm³/mol. The average molecular weight is 269 g/mol. The van der Waals surface area contributed by atoms with Crippen molar-refractivity contribution in [3.63, 3.8) is 0 Å². The monoisotopic (exact) mass is 269 g/mol. The molecule has 0 atom stereocenters. The summed E-state index contributed by atoms with van der Waals surface area (Å²) in [4.78, 5) is 3.84. The van der Waals surface area contributed by atoms with Gasteiger partial charge in [0.25, 0.3) is 0 Å². The topological polar surface area (TPSA) is 56.3 Å². The summed E-state index contributed by atoms with van der Waals surface area (Å²) in [6, 6.07) is 1.44. The number of rotatable bonds is 2. The fraction of sp³-hybridized carbons (Fsp3) is 0.444. The summed E-state index contributed by atoms with van der Waals surface area (Å²) in [6.45, 7) is 4.46. The number of aromatic nitrogens is 1. The Morgan fingerprint density at radius 3 is 2.18 bits per heavy atom. The van der Waals surface area contributed by atoms with E-state index < -0.39 is 15.6 Å². The van der Waals surface area contributed by atoms with Gasteiger partial charge in [-0.3, -0.25) is 4.98 Å². The zero-order valence-corrected chi connectivity index (χ0v) is 10.1. The molecule has 1 heterocycles. The molecule has 0 N–H and O–H groups in total. The lowest BCUT2D eigenvalue weighted by molar-refractivity contribution is -0.0500. The molecule has 0 aromatic carbocycles. The van der Waals surface area contributed by atoms with Crippen LogP contribution in [0.25, 0.3) is 0 Å². The minimum absolute atomic E-state index is 0.0929. The van der Waals surface area contributed by atoms with Crippen LogP contribution < -0.4 is 4.18 Å². The number of nitrogens with zero attached hydrogens (tertiary/aromatic N) is 1.